The van der Waals surface area contributed by atoms with E-state index in [2.05, 4.69) is 39.2 Å². The molecular weight excluding hydrogens is 865 g/mol. The molecule has 0 aliphatic carbocycles. The fourth-order valence-electron chi connectivity index (χ4n) is 4.04. The SMILES string of the molecule is Nc1c(N=Nc2ccc(S(=O)(=O)CCOSOO[O-])cc2)cc(S(=O)(=O)[O-])c(N)c1N=Nc1ccc2c(S(=O)(=O)[O-])cccc2c1SOO[O-].[Na+].[Na+].[Na+].[Na+]. The predicted molar refractivity (Wildman–Crippen MR) is 166 cm³/mol. The van der Waals surface area contributed by atoms with E-state index < -0.39 is 68.4 Å². The van der Waals surface area contributed by atoms with Gasteiger partial charge in [-0.25, -0.2) is 25.3 Å². The van der Waals surface area contributed by atoms with Crippen LogP contribution in [0, 0.1) is 0 Å². The zero-order chi connectivity index (χ0) is 36.7. The smallest absolute Gasteiger partial charge is 0.744 e. The molecule has 0 aliphatic rings. The molecule has 30 heteroatoms. The maximum absolute atomic E-state index is 12.5. The summed E-state index contributed by atoms with van der Waals surface area (Å²) in [5.41, 5.74) is 9.88. The Balaban J connectivity index is 0.00000702. The van der Waals surface area contributed by atoms with Gasteiger partial charge in [-0.15, -0.1) is 19.7 Å². The number of rotatable bonds is 16. The normalized spacial score (nSPS) is 11.9. The number of nitrogens with two attached hydrogens (primary N) is 2. The second-order valence-corrected chi connectivity index (χ2v) is 15.2. The van der Waals surface area contributed by atoms with E-state index in [1.54, 1.807) is 0 Å². The Morgan fingerprint density at radius 2 is 1.28 bits per heavy atom. The fraction of sp³-hybridized carbons (Fsp3) is 0.0833. The number of hydrogen-bond acceptors (Lipinski definition) is 23. The standard InChI is InChI=1S/C24H22N6O15S5.4Na/c25-21-18(29-27-13-4-6-14(7-5-13)48(33,34)11-10-41-47-45-43-32)12-20(50(38,39)40)22(26)23(21)30-28-17-9-8-15-16(24(17)46-44-42-31)2-1-3-19(15)49(35,36)37;;;;/h1-9,12,31-32H,10-11,25-26H2,(H,35,36,37)(H,38,39,40);;;;/q;4*+1/p-4. The molecule has 0 unspecified atom stereocenters. The van der Waals surface area contributed by atoms with Crippen molar-refractivity contribution >= 4 is 99.3 Å². The van der Waals surface area contributed by atoms with E-state index in [4.69, 9.17) is 15.7 Å². The molecule has 0 bridgehead atoms. The first-order valence-electron chi connectivity index (χ1n) is 12.8. The van der Waals surface area contributed by atoms with Gasteiger partial charge in [0.2, 0.25) is 0 Å². The maximum Gasteiger partial charge on any atom is 1.00 e. The third kappa shape index (κ3) is 14.4. The van der Waals surface area contributed by atoms with Gasteiger partial charge in [-0.3, -0.25) is 14.3 Å². The molecular formula is C24H18N6Na4O15S5. The zero-order valence-electron chi connectivity index (χ0n) is 28.3. The van der Waals surface area contributed by atoms with Gasteiger partial charge in [0, 0.05) is 10.8 Å². The van der Waals surface area contributed by atoms with Crippen molar-refractivity contribution in [2.24, 2.45) is 20.5 Å². The number of hydrogen-bond donors (Lipinski definition) is 2. The Hall–Kier alpha value is 0.130. The largest absolute Gasteiger partial charge is 1.00 e. The molecule has 0 spiro atoms. The summed E-state index contributed by atoms with van der Waals surface area (Å²) in [4.78, 5) is -1.81. The van der Waals surface area contributed by atoms with Crippen molar-refractivity contribution in [3.05, 3.63) is 60.7 Å². The van der Waals surface area contributed by atoms with E-state index in [0.29, 0.717) is 0 Å². The van der Waals surface area contributed by atoms with Gasteiger partial charge in [0.25, 0.3) is 0 Å². The van der Waals surface area contributed by atoms with Crippen molar-refractivity contribution in [2.45, 2.75) is 19.6 Å². The number of anilines is 2. The van der Waals surface area contributed by atoms with Crippen LogP contribution in [0.25, 0.3) is 10.8 Å². The summed E-state index contributed by atoms with van der Waals surface area (Å²) in [6, 6.07) is 11.6. The number of benzene rings is 4. The first-order valence-corrected chi connectivity index (χ1v) is 18.7. The molecule has 0 aromatic heterocycles. The average molecular weight is 883 g/mol. The summed E-state index contributed by atoms with van der Waals surface area (Å²) in [5.74, 6) is -0.489. The summed E-state index contributed by atoms with van der Waals surface area (Å²) >= 11 is 0.417. The molecule has 0 saturated carbocycles. The third-order valence-electron chi connectivity index (χ3n) is 6.22. The topological polar surface area (TPSA) is 342 Å². The van der Waals surface area contributed by atoms with Crippen LogP contribution in [-0.4, -0.2) is 46.7 Å². The van der Waals surface area contributed by atoms with Gasteiger partial charge in [0.15, 0.2) is 22.2 Å². The summed E-state index contributed by atoms with van der Waals surface area (Å²) in [6.45, 7) is -0.352. The molecule has 4 aromatic rings. The van der Waals surface area contributed by atoms with Crippen LogP contribution in [0.3, 0.4) is 0 Å². The van der Waals surface area contributed by atoms with Crippen molar-refractivity contribution < 1.29 is 186 Å². The van der Waals surface area contributed by atoms with E-state index >= 15 is 0 Å². The number of azo groups is 2. The Bertz CT molecular complexity index is 2290. The van der Waals surface area contributed by atoms with Gasteiger partial charge in [-0.05, 0) is 42.5 Å². The van der Waals surface area contributed by atoms with Crippen LogP contribution in [0.2, 0.25) is 0 Å². The Labute approximate surface area is 404 Å². The molecule has 0 aliphatic heterocycles. The van der Waals surface area contributed by atoms with Crippen LogP contribution in [0.4, 0.5) is 34.1 Å². The minimum Gasteiger partial charge on any atom is -0.744 e. The molecule has 4 N–H and O–H groups in total. The Morgan fingerprint density at radius 1 is 0.667 bits per heavy atom. The third-order valence-corrected chi connectivity index (χ3v) is 10.8. The molecule has 0 radical (unpaired) electrons. The molecule has 0 heterocycles. The number of sulfone groups is 1. The first-order chi connectivity index (χ1) is 23.6. The van der Waals surface area contributed by atoms with Crippen molar-refractivity contribution in [2.75, 3.05) is 23.8 Å². The zero-order valence-corrected chi connectivity index (χ0v) is 40.4. The quantitative estimate of drug-likeness (QED) is 0.0154. The van der Waals surface area contributed by atoms with Gasteiger partial charge in [0.1, 0.15) is 37.3 Å². The van der Waals surface area contributed by atoms with Crippen molar-refractivity contribution in [1.29, 1.82) is 0 Å². The molecule has 0 saturated heterocycles. The first kappa shape index (κ1) is 54.1. The number of nitrogens with zero attached hydrogens (tertiary/aromatic N) is 4. The van der Waals surface area contributed by atoms with Crippen LogP contribution in [-0.2, 0) is 53.0 Å². The molecule has 54 heavy (non-hydrogen) atoms. The van der Waals surface area contributed by atoms with E-state index in [1.165, 1.54) is 48.5 Å². The summed E-state index contributed by atoms with van der Waals surface area (Å²) in [5, 5.41) is 42.3. The second kappa shape index (κ2) is 24.3. The molecule has 0 fully saturated rings. The number of fused-ring (bicyclic) bond motifs is 1. The van der Waals surface area contributed by atoms with Crippen LogP contribution >= 0.6 is 24.4 Å². The average Bonchev–Trinajstić information content (AvgIpc) is 3.05. The van der Waals surface area contributed by atoms with Crippen LogP contribution in [0.5, 0.6) is 0 Å². The Morgan fingerprint density at radius 3 is 1.87 bits per heavy atom. The summed E-state index contributed by atoms with van der Waals surface area (Å²) in [6.07, 6.45) is 0. The van der Waals surface area contributed by atoms with E-state index in [0.717, 1.165) is 12.1 Å². The van der Waals surface area contributed by atoms with Crippen molar-refractivity contribution in [1.82, 2.24) is 0 Å². The van der Waals surface area contributed by atoms with E-state index in [9.17, 15) is 44.9 Å². The molecule has 0 amide bonds. The summed E-state index contributed by atoms with van der Waals surface area (Å²) < 4.78 is 109. The minimum atomic E-state index is -5.27. The molecule has 268 valence electrons. The predicted octanol–water partition coefficient (Wildman–Crippen LogP) is -9.53. The molecule has 4 rings (SSSR count). The second-order valence-electron chi connectivity index (χ2n) is 9.20. The van der Waals surface area contributed by atoms with Crippen molar-refractivity contribution in [3.8, 4) is 0 Å². The van der Waals surface area contributed by atoms with Crippen LogP contribution < -0.4 is 140 Å². The monoisotopic (exact) mass is 882 g/mol. The molecule has 4 aromatic carbocycles. The summed E-state index contributed by atoms with van der Waals surface area (Å²) in [7, 11) is -14.1. The maximum atomic E-state index is 12.5. The number of nitrogen functional groups attached to an aromatic ring is 2. The van der Waals surface area contributed by atoms with Gasteiger partial charge < -0.3 is 31.1 Å². The Kier molecular flexibility index (Phi) is 24.3. The molecule has 21 nitrogen and oxygen atoms in total. The van der Waals surface area contributed by atoms with Gasteiger partial charge in [0.05, 0.1) is 61.0 Å². The van der Waals surface area contributed by atoms with E-state index in [1.807, 2.05) is 0 Å². The van der Waals surface area contributed by atoms with Gasteiger partial charge in [-0.2, -0.15) is 9.45 Å². The van der Waals surface area contributed by atoms with Gasteiger partial charge in [-0.1, -0.05) is 18.2 Å². The minimum absolute atomic E-state index is 0. The van der Waals surface area contributed by atoms with Crippen molar-refractivity contribution in [3.63, 3.8) is 0 Å². The van der Waals surface area contributed by atoms with Gasteiger partial charge >= 0.3 is 118 Å². The fourth-order valence-corrected chi connectivity index (χ4v) is 7.32. The van der Waals surface area contributed by atoms with E-state index in [-0.39, 0.29) is 181 Å². The molecule has 0 atom stereocenters. The van der Waals surface area contributed by atoms with Crippen LogP contribution in [0.15, 0.2) is 101 Å². The van der Waals surface area contributed by atoms with Crippen LogP contribution in [0.1, 0.15) is 0 Å².